The molecule has 9 heteroatoms. The van der Waals surface area contributed by atoms with E-state index in [-0.39, 0.29) is 30.4 Å². The highest BCUT2D eigenvalue weighted by molar-refractivity contribution is 7.99. The molecule has 1 amide bonds. The summed E-state index contributed by atoms with van der Waals surface area (Å²) in [6.07, 6.45) is 0.445. The first-order chi connectivity index (χ1) is 16.5. The van der Waals surface area contributed by atoms with Crippen LogP contribution in [0, 0.1) is 22.7 Å². The quantitative estimate of drug-likeness (QED) is 0.348. The first-order valence-electron chi connectivity index (χ1n) is 10.9. The molecule has 0 aliphatic rings. The zero-order chi connectivity index (χ0) is 24.5. The van der Waals surface area contributed by atoms with Gasteiger partial charge in [0.15, 0.2) is 11.0 Å². The second-order valence-electron chi connectivity index (χ2n) is 7.85. The molecule has 0 saturated carbocycles. The summed E-state index contributed by atoms with van der Waals surface area (Å²) in [5.74, 6) is 0.906. The van der Waals surface area contributed by atoms with Crippen LogP contribution in [0.2, 0.25) is 5.02 Å². The lowest BCUT2D eigenvalue weighted by Gasteiger charge is -2.20. The van der Waals surface area contributed by atoms with E-state index in [1.807, 2.05) is 47.0 Å². The van der Waals surface area contributed by atoms with Gasteiger partial charge in [0, 0.05) is 23.7 Å². The van der Waals surface area contributed by atoms with E-state index in [0.717, 1.165) is 16.8 Å². The minimum atomic E-state index is -0.143. The number of carbonyl (C=O) groups is 1. The van der Waals surface area contributed by atoms with Gasteiger partial charge < -0.3 is 4.90 Å². The molecule has 1 heterocycles. The lowest BCUT2D eigenvalue weighted by Crippen LogP contribution is -2.34. The molecule has 3 aromatic rings. The highest BCUT2D eigenvalue weighted by Gasteiger charge is 2.21. The maximum absolute atomic E-state index is 12.9. The van der Waals surface area contributed by atoms with E-state index in [1.165, 1.54) is 11.8 Å². The SMILES string of the molecule is CC(C)c1ccccc1-n1c(SCC(=O)N(CCC#N)CCC#N)nnc1-c1ccc(Cl)cc1. The van der Waals surface area contributed by atoms with Crippen molar-refractivity contribution in [1.29, 1.82) is 10.5 Å². The van der Waals surface area contributed by atoms with Crippen LogP contribution in [0.1, 0.15) is 38.2 Å². The van der Waals surface area contributed by atoms with Crippen molar-refractivity contribution in [3.8, 4) is 29.2 Å². The topological polar surface area (TPSA) is 98.6 Å². The number of amides is 1. The number of benzene rings is 2. The van der Waals surface area contributed by atoms with Crippen LogP contribution in [-0.2, 0) is 4.79 Å². The minimum Gasteiger partial charge on any atom is -0.340 e. The number of halogens is 1. The molecule has 0 fully saturated rings. The van der Waals surface area contributed by atoms with Gasteiger partial charge in [-0.25, -0.2) is 0 Å². The Hall–Kier alpha value is -3.33. The summed E-state index contributed by atoms with van der Waals surface area (Å²) in [6.45, 7) is 4.86. The van der Waals surface area contributed by atoms with Crippen LogP contribution in [0.3, 0.4) is 0 Å². The molecular formula is C25H25ClN6OS. The van der Waals surface area contributed by atoms with Gasteiger partial charge in [0.25, 0.3) is 0 Å². The standard InChI is InChI=1S/C25H25ClN6OS/c1-18(2)21-7-3-4-8-22(21)32-24(19-9-11-20(26)12-10-19)29-30-25(32)34-17-23(33)31(15-5-13-27)16-6-14-28/h3-4,7-12,18H,5-6,15-17H2,1-2H3. The van der Waals surface area contributed by atoms with Crippen molar-refractivity contribution in [3.63, 3.8) is 0 Å². The van der Waals surface area contributed by atoms with Crippen LogP contribution in [-0.4, -0.2) is 44.4 Å². The molecule has 0 spiro atoms. The molecule has 0 atom stereocenters. The van der Waals surface area contributed by atoms with Crippen molar-refractivity contribution < 1.29 is 4.79 Å². The third-order valence-electron chi connectivity index (χ3n) is 5.20. The van der Waals surface area contributed by atoms with Crippen LogP contribution in [0.25, 0.3) is 17.1 Å². The Morgan fingerprint density at radius 1 is 1.06 bits per heavy atom. The smallest absolute Gasteiger partial charge is 0.233 e. The number of nitrogens with zero attached hydrogens (tertiary/aromatic N) is 6. The van der Waals surface area contributed by atoms with Crippen LogP contribution in [0.15, 0.2) is 53.7 Å². The van der Waals surface area contributed by atoms with E-state index in [9.17, 15) is 4.79 Å². The van der Waals surface area contributed by atoms with Crippen molar-refractivity contribution in [3.05, 3.63) is 59.1 Å². The number of hydrogen-bond acceptors (Lipinski definition) is 6. The molecule has 2 aromatic carbocycles. The summed E-state index contributed by atoms with van der Waals surface area (Å²) in [6, 6.07) is 19.6. The molecule has 0 saturated heterocycles. The normalized spacial score (nSPS) is 10.6. The number of aromatic nitrogens is 3. The number of carbonyl (C=O) groups excluding carboxylic acids is 1. The van der Waals surface area contributed by atoms with Crippen LogP contribution >= 0.6 is 23.4 Å². The average Bonchev–Trinajstić information content (AvgIpc) is 3.26. The summed E-state index contributed by atoms with van der Waals surface area (Å²) in [7, 11) is 0. The van der Waals surface area contributed by atoms with Gasteiger partial charge in [-0.2, -0.15) is 10.5 Å². The van der Waals surface area contributed by atoms with Crippen LogP contribution < -0.4 is 0 Å². The number of nitriles is 2. The Bertz CT molecular complexity index is 1190. The second kappa shape index (κ2) is 12.2. The van der Waals surface area contributed by atoms with Crippen molar-refractivity contribution >= 4 is 29.3 Å². The van der Waals surface area contributed by atoms with E-state index in [4.69, 9.17) is 22.1 Å². The Morgan fingerprint density at radius 3 is 2.32 bits per heavy atom. The van der Waals surface area contributed by atoms with Gasteiger partial charge in [-0.05, 0) is 41.8 Å². The predicted molar refractivity (Wildman–Crippen MR) is 134 cm³/mol. The lowest BCUT2D eigenvalue weighted by molar-refractivity contribution is -0.128. The van der Waals surface area contributed by atoms with Gasteiger partial charge in [0.05, 0.1) is 36.4 Å². The molecule has 34 heavy (non-hydrogen) atoms. The molecule has 0 aliphatic heterocycles. The molecule has 1 aromatic heterocycles. The van der Waals surface area contributed by atoms with Gasteiger partial charge in [0.1, 0.15) is 0 Å². The second-order valence-corrected chi connectivity index (χ2v) is 9.23. The summed E-state index contributed by atoms with van der Waals surface area (Å²) < 4.78 is 1.98. The Kier molecular flexibility index (Phi) is 9.09. The number of thioether (sulfide) groups is 1. The minimum absolute atomic E-state index is 0.124. The van der Waals surface area contributed by atoms with Crippen molar-refractivity contribution in [2.75, 3.05) is 18.8 Å². The van der Waals surface area contributed by atoms with Gasteiger partial charge in [0.2, 0.25) is 5.91 Å². The summed E-state index contributed by atoms with van der Waals surface area (Å²) in [5.41, 5.74) is 2.95. The van der Waals surface area contributed by atoms with E-state index in [2.05, 4.69) is 42.2 Å². The number of para-hydroxylation sites is 1. The summed E-state index contributed by atoms with van der Waals surface area (Å²) in [5, 5.41) is 27.9. The van der Waals surface area contributed by atoms with E-state index in [1.54, 1.807) is 4.90 Å². The summed E-state index contributed by atoms with van der Waals surface area (Å²) in [4.78, 5) is 14.4. The molecule has 0 radical (unpaired) electrons. The van der Waals surface area contributed by atoms with Gasteiger partial charge in [-0.1, -0.05) is 55.4 Å². The zero-order valence-electron chi connectivity index (χ0n) is 19.1. The van der Waals surface area contributed by atoms with Gasteiger partial charge >= 0.3 is 0 Å². The Balaban J connectivity index is 1.97. The van der Waals surface area contributed by atoms with Gasteiger partial charge in [-0.15, -0.1) is 10.2 Å². The van der Waals surface area contributed by atoms with Crippen molar-refractivity contribution in [2.45, 2.75) is 37.8 Å². The third kappa shape index (κ3) is 6.17. The van der Waals surface area contributed by atoms with Crippen molar-refractivity contribution in [2.24, 2.45) is 0 Å². The number of hydrogen-bond donors (Lipinski definition) is 0. The van der Waals surface area contributed by atoms with Crippen LogP contribution in [0.5, 0.6) is 0 Å². The Labute approximate surface area is 209 Å². The molecule has 0 bridgehead atoms. The third-order valence-corrected chi connectivity index (χ3v) is 6.37. The molecule has 0 aliphatic carbocycles. The average molecular weight is 493 g/mol. The predicted octanol–water partition coefficient (Wildman–Crippen LogP) is 5.46. The fraction of sp³-hybridized carbons (Fsp3) is 0.320. The fourth-order valence-electron chi connectivity index (χ4n) is 3.49. The monoisotopic (exact) mass is 492 g/mol. The zero-order valence-corrected chi connectivity index (χ0v) is 20.7. The number of rotatable bonds is 10. The maximum Gasteiger partial charge on any atom is 0.233 e. The first-order valence-corrected chi connectivity index (χ1v) is 12.3. The first kappa shape index (κ1) is 25.3. The molecule has 174 valence electrons. The molecule has 7 nitrogen and oxygen atoms in total. The molecule has 3 rings (SSSR count). The van der Waals surface area contributed by atoms with Crippen molar-refractivity contribution in [1.82, 2.24) is 19.7 Å². The van der Waals surface area contributed by atoms with E-state index < -0.39 is 0 Å². The van der Waals surface area contributed by atoms with Gasteiger partial charge in [-0.3, -0.25) is 9.36 Å². The molecular weight excluding hydrogens is 468 g/mol. The highest BCUT2D eigenvalue weighted by atomic mass is 35.5. The van der Waals surface area contributed by atoms with Crippen LogP contribution in [0.4, 0.5) is 0 Å². The fourth-order valence-corrected chi connectivity index (χ4v) is 4.47. The molecule has 0 unspecified atom stereocenters. The largest absolute Gasteiger partial charge is 0.340 e. The molecule has 0 N–H and O–H groups in total. The Morgan fingerprint density at radius 2 is 1.71 bits per heavy atom. The maximum atomic E-state index is 12.9. The lowest BCUT2D eigenvalue weighted by atomic mass is 10.0. The van der Waals surface area contributed by atoms with E-state index >= 15 is 0 Å². The summed E-state index contributed by atoms with van der Waals surface area (Å²) >= 11 is 7.38. The van der Waals surface area contributed by atoms with E-state index in [0.29, 0.717) is 29.1 Å². The highest BCUT2D eigenvalue weighted by Crippen LogP contribution is 2.32.